The van der Waals surface area contributed by atoms with Crippen LogP contribution in [0.3, 0.4) is 0 Å². The first-order chi connectivity index (χ1) is 12.6. The Labute approximate surface area is 151 Å². The number of benzene rings is 2. The van der Waals surface area contributed by atoms with Gasteiger partial charge in [-0.25, -0.2) is 0 Å². The van der Waals surface area contributed by atoms with E-state index < -0.39 is 0 Å². The number of piperidine rings is 1. The number of fused-ring (bicyclic) bond motifs is 1. The number of hydrogen-bond acceptors (Lipinski definition) is 3. The van der Waals surface area contributed by atoms with Crippen LogP contribution in [0.2, 0.25) is 0 Å². The third-order valence-corrected chi connectivity index (χ3v) is 4.77. The normalized spacial score (nSPS) is 16.9. The molecule has 0 unspecified atom stereocenters. The summed E-state index contributed by atoms with van der Waals surface area (Å²) in [5.41, 5.74) is 2.62. The summed E-state index contributed by atoms with van der Waals surface area (Å²) in [4.78, 5) is 40.1. The molecular formula is C20H19N3O3. The molecule has 1 N–H and O–H groups in total. The predicted octanol–water partition coefficient (Wildman–Crippen LogP) is 2.80. The molecule has 0 aromatic heterocycles. The van der Waals surface area contributed by atoms with Crippen LogP contribution in [0.5, 0.6) is 0 Å². The first-order valence-corrected chi connectivity index (χ1v) is 8.75. The zero-order valence-corrected chi connectivity index (χ0v) is 14.3. The lowest BCUT2D eigenvalue weighted by molar-refractivity contribution is -0.119. The molecular weight excluding hydrogens is 330 g/mol. The maximum absolute atomic E-state index is 12.9. The molecule has 0 aliphatic carbocycles. The highest BCUT2D eigenvalue weighted by Crippen LogP contribution is 2.30. The number of rotatable bonds is 2. The van der Waals surface area contributed by atoms with Crippen molar-refractivity contribution in [1.82, 2.24) is 0 Å². The van der Waals surface area contributed by atoms with Crippen LogP contribution in [-0.2, 0) is 9.59 Å². The van der Waals surface area contributed by atoms with Gasteiger partial charge in [0.05, 0.1) is 11.4 Å². The monoisotopic (exact) mass is 349 g/mol. The second kappa shape index (κ2) is 6.63. The highest BCUT2D eigenvalue weighted by molar-refractivity contribution is 6.15. The first-order valence-electron chi connectivity index (χ1n) is 8.75. The van der Waals surface area contributed by atoms with Gasteiger partial charge in [0.15, 0.2) is 0 Å². The van der Waals surface area contributed by atoms with Crippen LogP contribution in [0.25, 0.3) is 0 Å². The van der Waals surface area contributed by atoms with Gasteiger partial charge in [0.25, 0.3) is 5.91 Å². The molecule has 1 fully saturated rings. The van der Waals surface area contributed by atoms with Gasteiger partial charge in [0.2, 0.25) is 11.8 Å². The molecule has 0 atom stereocenters. The minimum absolute atomic E-state index is 0.0117. The number of nitrogens with one attached hydrogen (secondary N) is 1. The van der Waals surface area contributed by atoms with Crippen molar-refractivity contribution < 1.29 is 14.4 Å². The van der Waals surface area contributed by atoms with E-state index in [1.54, 1.807) is 35.2 Å². The average molecular weight is 349 g/mol. The van der Waals surface area contributed by atoms with Crippen LogP contribution in [0.1, 0.15) is 29.6 Å². The average Bonchev–Trinajstić information content (AvgIpc) is 2.67. The van der Waals surface area contributed by atoms with Crippen molar-refractivity contribution >= 4 is 34.8 Å². The number of carbonyl (C=O) groups excluding carboxylic acids is 3. The molecule has 2 aromatic rings. The van der Waals surface area contributed by atoms with Crippen LogP contribution in [0, 0.1) is 0 Å². The lowest BCUT2D eigenvalue weighted by atomic mass is 10.1. The first kappa shape index (κ1) is 16.3. The van der Waals surface area contributed by atoms with Gasteiger partial charge in [-0.3, -0.25) is 19.3 Å². The van der Waals surface area contributed by atoms with Crippen molar-refractivity contribution in [3.63, 3.8) is 0 Å². The molecule has 0 bridgehead atoms. The van der Waals surface area contributed by atoms with E-state index in [-0.39, 0.29) is 24.3 Å². The molecule has 2 aliphatic rings. The van der Waals surface area contributed by atoms with Crippen LogP contribution < -0.4 is 15.1 Å². The fraction of sp³-hybridized carbons (Fsp3) is 0.250. The number of nitrogens with zero attached hydrogens (tertiary/aromatic N) is 2. The summed E-state index contributed by atoms with van der Waals surface area (Å²) in [7, 11) is 0. The van der Waals surface area contributed by atoms with E-state index >= 15 is 0 Å². The van der Waals surface area contributed by atoms with Crippen LogP contribution >= 0.6 is 0 Å². The third-order valence-electron chi connectivity index (χ3n) is 4.77. The zero-order chi connectivity index (χ0) is 18.1. The van der Waals surface area contributed by atoms with E-state index in [9.17, 15) is 14.4 Å². The standard InChI is InChI=1S/C20H19N3O3/c24-18-13-23(17-6-2-1-5-16(17)21-18)20(26)14-8-10-15(11-9-14)22-12-4-3-7-19(22)25/h1-2,5-6,8-11H,3-4,7,12-13H2,(H,21,24). The summed E-state index contributed by atoms with van der Waals surface area (Å²) in [5.74, 6) is -0.326. The Bertz CT molecular complexity index is 876. The van der Waals surface area contributed by atoms with Crippen molar-refractivity contribution in [2.75, 3.05) is 28.2 Å². The topological polar surface area (TPSA) is 69.7 Å². The predicted molar refractivity (Wildman–Crippen MR) is 99.4 cm³/mol. The molecule has 26 heavy (non-hydrogen) atoms. The lowest BCUT2D eigenvalue weighted by Crippen LogP contribution is -2.42. The van der Waals surface area contributed by atoms with E-state index in [1.807, 2.05) is 18.2 Å². The SMILES string of the molecule is O=C1CN(C(=O)c2ccc(N3CCCCC3=O)cc2)c2ccccc2N1. The molecule has 6 heteroatoms. The largest absolute Gasteiger partial charge is 0.323 e. The summed E-state index contributed by atoms with van der Waals surface area (Å²) in [5, 5.41) is 2.78. The number of anilines is 3. The van der Waals surface area contributed by atoms with Gasteiger partial charge < -0.3 is 10.2 Å². The second-order valence-electron chi connectivity index (χ2n) is 6.51. The quantitative estimate of drug-likeness (QED) is 0.906. The van der Waals surface area contributed by atoms with Crippen molar-refractivity contribution in [3.8, 4) is 0 Å². The Kier molecular flexibility index (Phi) is 4.16. The van der Waals surface area contributed by atoms with E-state index in [0.29, 0.717) is 29.9 Å². The van der Waals surface area contributed by atoms with Crippen LogP contribution in [0.15, 0.2) is 48.5 Å². The Morgan fingerprint density at radius 2 is 1.73 bits per heavy atom. The highest BCUT2D eigenvalue weighted by Gasteiger charge is 2.27. The van der Waals surface area contributed by atoms with Gasteiger partial charge in [-0.1, -0.05) is 12.1 Å². The fourth-order valence-electron chi connectivity index (χ4n) is 3.43. The van der Waals surface area contributed by atoms with Gasteiger partial charge in [0, 0.05) is 24.2 Å². The number of para-hydroxylation sites is 2. The van der Waals surface area contributed by atoms with Gasteiger partial charge >= 0.3 is 0 Å². The summed E-state index contributed by atoms with van der Waals surface area (Å²) < 4.78 is 0. The van der Waals surface area contributed by atoms with Gasteiger partial charge in [-0.05, 0) is 49.2 Å². The summed E-state index contributed by atoms with van der Waals surface area (Å²) in [6.45, 7) is 0.702. The van der Waals surface area contributed by atoms with E-state index in [4.69, 9.17) is 0 Å². The third kappa shape index (κ3) is 2.94. The maximum Gasteiger partial charge on any atom is 0.258 e. The van der Waals surface area contributed by atoms with E-state index in [2.05, 4.69) is 5.32 Å². The molecule has 1 saturated heterocycles. The summed E-state index contributed by atoms with van der Waals surface area (Å²) in [6, 6.07) is 14.3. The molecule has 0 radical (unpaired) electrons. The molecule has 132 valence electrons. The Morgan fingerprint density at radius 3 is 2.50 bits per heavy atom. The van der Waals surface area contributed by atoms with Gasteiger partial charge in [-0.15, -0.1) is 0 Å². The molecule has 2 aromatic carbocycles. The van der Waals surface area contributed by atoms with Gasteiger partial charge in [-0.2, -0.15) is 0 Å². The summed E-state index contributed by atoms with van der Waals surface area (Å²) >= 11 is 0. The van der Waals surface area contributed by atoms with Crippen LogP contribution in [-0.4, -0.2) is 30.8 Å². The molecule has 2 aliphatic heterocycles. The molecule has 2 heterocycles. The van der Waals surface area contributed by atoms with Crippen molar-refractivity contribution in [1.29, 1.82) is 0 Å². The Morgan fingerprint density at radius 1 is 0.962 bits per heavy atom. The summed E-state index contributed by atoms with van der Waals surface area (Å²) in [6.07, 6.45) is 2.49. The minimum Gasteiger partial charge on any atom is -0.323 e. The van der Waals surface area contributed by atoms with Gasteiger partial charge in [0.1, 0.15) is 6.54 Å². The smallest absolute Gasteiger partial charge is 0.258 e. The molecule has 3 amide bonds. The fourth-order valence-corrected chi connectivity index (χ4v) is 3.43. The van der Waals surface area contributed by atoms with Crippen molar-refractivity contribution in [2.24, 2.45) is 0 Å². The van der Waals surface area contributed by atoms with E-state index in [1.165, 1.54) is 4.90 Å². The molecule has 0 spiro atoms. The van der Waals surface area contributed by atoms with Crippen molar-refractivity contribution in [3.05, 3.63) is 54.1 Å². The highest BCUT2D eigenvalue weighted by atomic mass is 16.2. The lowest BCUT2D eigenvalue weighted by Gasteiger charge is -2.29. The maximum atomic E-state index is 12.9. The second-order valence-corrected chi connectivity index (χ2v) is 6.51. The molecule has 4 rings (SSSR count). The Hall–Kier alpha value is -3.15. The Balaban J connectivity index is 1.59. The molecule has 6 nitrogen and oxygen atoms in total. The molecule has 0 saturated carbocycles. The number of amides is 3. The zero-order valence-electron chi connectivity index (χ0n) is 14.3. The van der Waals surface area contributed by atoms with E-state index in [0.717, 1.165) is 18.5 Å². The van der Waals surface area contributed by atoms with Crippen molar-refractivity contribution in [2.45, 2.75) is 19.3 Å². The number of hydrogen-bond donors (Lipinski definition) is 1. The number of carbonyl (C=O) groups is 3. The van der Waals surface area contributed by atoms with Crippen LogP contribution in [0.4, 0.5) is 17.1 Å². The minimum atomic E-state index is -0.233.